The predicted octanol–water partition coefficient (Wildman–Crippen LogP) is 8.80. The van der Waals surface area contributed by atoms with Crippen LogP contribution in [-0.2, 0) is 0 Å². The molecule has 8 rings (SSSR count). The summed E-state index contributed by atoms with van der Waals surface area (Å²) < 4.78 is 2.19. The van der Waals surface area contributed by atoms with E-state index in [2.05, 4.69) is 148 Å². The van der Waals surface area contributed by atoms with Crippen molar-refractivity contribution in [2.24, 2.45) is 0 Å². The van der Waals surface area contributed by atoms with Crippen LogP contribution in [-0.4, -0.2) is 12.6 Å². The molecular formula is C45H28N4Si. The van der Waals surface area contributed by atoms with E-state index in [1.165, 1.54) is 15.6 Å². The van der Waals surface area contributed by atoms with Gasteiger partial charge in [0.15, 0.2) is 19.4 Å². The zero-order chi connectivity index (χ0) is 34.1. The second-order valence-electron chi connectivity index (χ2n) is 12.2. The van der Waals surface area contributed by atoms with E-state index >= 15 is 0 Å². The normalized spacial score (nSPS) is 11.1. The summed E-state index contributed by atoms with van der Waals surface area (Å²) >= 11 is 0. The molecule has 0 radical (unpaired) electrons. The third-order valence-corrected chi connectivity index (χ3v) is 14.4. The number of aromatic nitrogens is 1. The zero-order valence-electron chi connectivity index (χ0n) is 27.0. The van der Waals surface area contributed by atoms with Crippen molar-refractivity contribution < 1.29 is 0 Å². The highest BCUT2D eigenvalue weighted by molar-refractivity contribution is 7.20. The molecule has 0 aliphatic carbocycles. The van der Waals surface area contributed by atoms with Crippen LogP contribution in [0.3, 0.4) is 0 Å². The monoisotopic (exact) mass is 652 g/mol. The Kier molecular flexibility index (Phi) is 7.63. The molecule has 1 heterocycles. The lowest BCUT2D eigenvalue weighted by atomic mass is 10.0. The van der Waals surface area contributed by atoms with Gasteiger partial charge in [-0.15, -0.1) is 0 Å². The van der Waals surface area contributed by atoms with E-state index in [1.54, 1.807) is 0 Å². The summed E-state index contributed by atoms with van der Waals surface area (Å²) in [5.41, 5.74) is 6.83. The maximum absolute atomic E-state index is 9.61. The highest BCUT2D eigenvalue weighted by Crippen LogP contribution is 2.35. The minimum atomic E-state index is -2.92. The third kappa shape index (κ3) is 4.88. The van der Waals surface area contributed by atoms with E-state index in [1.807, 2.05) is 42.5 Å². The van der Waals surface area contributed by atoms with Gasteiger partial charge in [0, 0.05) is 11.1 Å². The van der Waals surface area contributed by atoms with Gasteiger partial charge in [-0.2, -0.15) is 5.26 Å². The highest BCUT2D eigenvalue weighted by atomic mass is 28.3. The van der Waals surface area contributed by atoms with Crippen molar-refractivity contribution in [1.82, 2.24) is 4.57 Å². The first-order valence-corrected chi connectivity index (χ1v) is 18.3. The molecule has 4 nitrogen and oxygen atoms in total. The van der Waals surface area contributed by atoms with E-state index in [9.17, 15) is 5.26 Å². The molecule has 7 aromatic carbocycles. The summed E-state index contributed by atoms with van der Waals surface area (Å²) in [6.07, 6.45) is 0. The maximum Gasteiger partial charge on any atom is 0.188 e. The Hall–Kier alpha value is -6.97. The summed E-state index contributed by atoms with van der Waals surface area (Å²) in [6, 6.07) is 60.5. The van der Waals surface area contributed by atoms with Gasteiger partial charge >= 0.3 is 0 Å². The largest absolute Gasteiger partial charge is 0.309 e. The molecule has 0 aliphatic rings. The Morgan fingerprint density at radius 1 is 0.520 bits per heavy atom. The van der Waals surface area contributed by atoms with Gasteiger partial charge in [-0.25, -0.2) is 9.69 Å². The molecule has 0 unspecified atom stereocenters. The van der Waals surface area contributed by atoms with E-state index in [4.69, 9.17) is 13.1 Å². The second kappa shape index (κ2) is 12.6. The van der Waals surface area contributed by atoms with Crippen LogP contribution in [0.1, 0.15) is 5.56 Å². The van der Waals surface area contributed by atoms with Gasteiger partial charge in [0.1, 0.15) is 0 Å². The number of fused-ring (bicyclic) bond motifs is 3. The Morgan fingerprint density at radius 3 is 1.60 bits per heavy atom. The summed E-state index contributed by atoms with van der Waals surface area (Å²) in [7, 11) is -2.92. The van der Waals surface area contributed by atoms with Crippen molar-refractivity contribution in [2.45, 2.75) is 0 Å². The summed E-state index contributed by atoms with van der Waals surface area (Å²) in [5, 5.41) is 16.2. The van der Waals surface area contributed by atoms with Crippen LogP contribution in [0.5, 0.6) is 0 Å². The first kappa shape index (κ1) is 30.4. The Morgan fingerprint density at radius 2 is 1.06 bits per heavy atom. The molecule has 0 atom stereocenters. The average molecular weight is 653 g/mol. The molecule has 0 fully saturated rings. The molecule has 1 aromatic heterocycles. The molecule has 8 aromatic rings. The number of nitriles is 1. The average Bonchev–Trinajstić information content (AvgIpc) is 3.52. The van der Waals surface area contributed by atoms with Gasteiger partial charge in [-0.3, -0.25) is 0 Å². The van der Waals surface area contributed by atoms with Crippen LogP contribution in [0.4, 0.5) is 11.4 Å². The van der Waals surface area contributed by atoms with Crippen LogP contribution < -0.4 is 20.7 Å². The smallest absolute Gasteiger partial charge is 0.188 e. The lowest BCUT2D eigenvalue weighted by Gasteiger charge is -2.35. The topological polar surface area (TPSA) is 37.4 Å². The molecule has 0 amide bonds. The molecule has 5 heteroatoms. The molecule has 0 spiro atoms. The molecule has 0 N–H and O–H groups in total. The van der Waals surface area contributed by atoms with Crippen LogP contribution in [0, 0.1) is 24.5 Å². The van der Waals surface area contributed by atoms with Crippen LogP contribution in [0.15, 0.2) is 170 Å². The fourth-order valence-electron chi connectivity index (χ4n) is 7.38. The maximum atomic E-state index is 9.61. The third-order valence-electron chi connectivity index (χ3n) is 9.61. The van der Waals surface area contributed by atoms with Crippen molar-refractivity contribution >= 4 is 62.0 Å². The van der Waals surface area contributed by atoms with E-state index < -0.39 is 8.07 Å². The Bertz CT molecular complexity index is 2490. The van der Waals surface area contributed by atoms with Crippen LogP contribution in [0.25, 0.3) is 48.3 Å². The van der Waals surface area contributed by atoms with Crippen molar-refractivity contribution in [3.63, 3.8) is 0 Å². The van der Waals surface area contributed by atoms with Crippen molar-refractivity contribution in [3.05, 3.63) is 198 Å². The van der Waals surface area contributed by atoms with Gasteiger partial charge in [0.2, 0.25) is 0 Å². The van der Waals surface area contributed by atoms with Gasteiger partial charge in [-0.05, 0) is 79.7 Å². The number of hydrogen-bond donors (Lipinski definition) is 0. The van der Waals surface area contributed by atoms with Crippen molar-refractivity contribution in [1.29, 1.82) is 5.26 Å². The van der Waals surface area contributed by atoms with Crippen molar-refractivity contribution in [3.8, 4) is 22.9 Å². The molecule has 0 aliphatic heterocycles. The minimum Gasteiger partial charge on any atom is -0.309 e. The van der Waals surface area contributed by atoms with Crippen LogP contribution in [0.2, 0.25) is 0 Å². The first-order valence-electron chi connectivity index (χ1n) is 16.3. The zero-order valence-corrected chi connectivity index (χ0v) is 28.0. The Labute approximate surface area is 292 Å². The van der Waals surface area contributed by atoms with Gasteiger partial charge < -0.3 is 4.57 Å². The van der Waals surface area contributed by atoms with Gasteiger partial charge in [-0.1, -0.05) is 127 Å². The molecule has 0 saturated carbocycles. The fraction of sp³-hybridized carbons (Fsp3) is 0. The highest BCUT2D eigenvalue weighted by Gasteiger charge is 2.42. The standard InChI is InChI=1S/C45H28N4Si/c1-47-35-22-27-44-41(30-35)40-28-32(31-46)18-26-43(40)49(44)36-23-19-33(20-24-36)34-21-25-42(48-2)45(29-34)50(37-12-6-3-7-13-37,38-14-8-4-9-15-38)39-16-10-5-11-17-39/h3-30H. The molecule has 0 bridgehead atoms. The summed E-state index contributed by atoms with van der Waals surface area (Å²) in [5.74, 6) is 0. The van der Waals surface area contributed by atoms with Crippen LogP contribution >= 0.6 is 0 Å². The predicted molar refractivity (Wildman–Crippen MR) is 207 cm³/mol. The van der Waals surface area contributed by atoms with Crippen molar-refractivity contribution in [2.75, 3.05) is 0 Å². The van der Waals surface area contributed by atoms with E-state index in [0.717, 1.165) is 43.8 Å². The number of nitrogens with zero attached hydrogens (tertiary/aromatic N) is 4. The molecular weight excluding hydrogens is 625 g/mol. The van der Waals surface area contributed by atoms with Gasteiger partial charge in [0.25, 0.3) is 0 Å². The molecule has 0 saturated heterocycles. The minimum absolute atomic E-state index is 0.564. The van der Waals surface area contributed by atoms with E-state index in [-0.39, 0.29) is 0 Å². The Balaban J connectivity index is 1.32. The number of rotatable bonds is 6. The SMILES string of the molecule is [C-]#[N+]c1ccc2c(c1)c1cc(C#N)ccc1n2-c1ccc(-c2ccc([N+]#[C-])c([Si](c3ccccc3)(c3ccccc3)c3ccccc3)c2)cc1. The summed E-state index contributed by atoms with van der Waals surface area (Å²) in [6.45, 7) is 15.9. The first-order chi connectivity index (χ1) is 24.6. The lowest BCUT2D eigenvalue weighted by molar-refractivity contribution is 1.18. The molecule has 50 heavy (non-hydrogen) atoms. The van der Waals surface area contributed by atoms with E-state index in [0.29, 0.717) is 16.9 Å². The number of benzene rings is 7. The quantitative estimate of drug-likeness (QED) is 0.101. The second-order valence-corrected chi connectivity index (χ2v) is 16.0. The summed E-state index contributed by atoms with van der Waals surface area (Å²) in [4.78, 5) is 7.77. The van der Waals surface area contributed by atoms with Gasteiger partial charge in [0.05, 0.1) is 35.8 Å². The fourth-order valence-corrected chi connectivity index (χ4v) is 12.3. The lowest BCUT2D eigenvalue weighted by Crippen LogP contribution is -2.74. The molecule has 232 valence electrons. The number of hydrogen-bond acceptors (Lipinski definition) is 1.